The van der Waals surface area contributed by atoms with Crippen molar-refractivity contribution in [1.82, 2.24) is 15.5 Å². The van der Waals surface area contributed by atoms with Crippen molar-refractivity contribution in [3.8, 4) is 0 Å². The summed E-state index contributed by atoms with van der Waals surface area (Å²) < 4.78 is 5.85. The number of ether oxygens (including phenoxy) is 1. The molecule has 3 saturated heterocycles. The van der Waals surface area contributed by atoms with Gasteiger partial charge in [-0.05, 0) is 38.8 Å². The Morgan fingerprint density at radius 1 is 1.32 bits per heavy atom. The quantitative estimate of drug-likeness (QED) is 0.762. The standard InChI is InChI=1S/C14H25N3O2/c18-14(13-5-1-2-6-15-13)16-8-12-9-17-7-3-4-11(17)10-19-12/h11-13,15H,1-10H2,(H,16,18). The van der Waals surface area contributed by atoms with Crippen LogP contribution >= 0.6 is 0 Å². The SMILES string of the molecule is O=C(NCC1CN2CCCC2CO1)C1CCCCN1. The molecular weight excluding hydrogens is 242 g/mol. The third-order valence-electron chi connectivity index (χ3n) is 4.59. The fourth-order valence-corrected chi connectivity index (χ4v) is 3.42. The molecule has 3 fully saturated rings. The molecule has 0 bridgehead atoms. The molecule has 3 rings (SSSR count). The van der Waals surface area contributed by atoms with E-state index in [0.717, 1.165) is 32.5 Å². The number of amides is 1. The third-order valence-corrected chi connectivity index (χ3v) is 4.59. The maximum absolute atomic E-state index is 12.0. The van der Waals surface area contributed by atoms with Gasteiger partial charge in [-0.1, -0.05) is 6.42 Å². The van der Waals surface area contributed by atoms with E-state index in [2.05, 4.69) is 15.5 Å². The number of rotatable bonds is 3. The minimum absolute atomic E-state index is 0.0110. The van der Waals surface area contributed by atoms with E-state index in [1.807, 2.05) is 0 Å². The van der Waals surface area contributed by atoms with Gasteiger partial charge in [0.2, 0.25) is 5.91 Å². The number of nitrogens with one attached hydrogen (secondary N) is 2. The largest absolute Gasteiger partial charge is 0.373 e. The summed E-state index contributed by atoms with van der Waals surface area (Å²) in [5.74, 6) is 0.145. The van der Waals surface area contributed by atoms with Crippen LogP contribution < -0.4 is 10.6 Å². The first-order valence-electron chi connectivity index (χ1n) is 7.69. The molecule has 0 aliphatic carbocycles. The number of piperidine rings is 1. The van der Waals surface area contributed by atoms with E-state index in [4.69, 9.17) is 4.74 Å². The molecule has 0 spiro atoms. The van der Waals surface area contributed by atoms with Crippen LogP contribution in [0.3, 0.4) is 0 Å². The van der Waals surface area contributed by atoms with Crippen LogP contribution in [0.2, 0.25) is 0 Å². The molecule has 2 N–H and O–H groups in total. The van der Waals surface area contributed by atoms with E-state index in [1.165, 1.54) is 25.8 Å². The van der Waals surface area contributed by atoms with Crippen molar-refractivity contribution in [2.24, 2.45) is 0 Å². The number of carbonyl (C=O) groups excluding carboxylic acids is 1. The van der Waals surface area contributed by atoms with Gasteiger partial charge in [-0.3, -0.25) is 9.69 Å². The van der Waals surface area contributed by atoms with Crippen LogP contribution in [-0.2, 0) is 9.53 Å². The van der Waals surface area contributed by atoms with E-state index < -0.39 is 0 Å². The molecule has 5 heteroatoms. The average molecular weight is 267 g/mol. The molecule has 3 atom stereocenters. The Hall–Kier alpha value is -0.650. The monoisotopic (exact) mass is 267 g/mol. The van der Waals surface area contributed by atoms with Gasteiger partial charge in [0.1, 0.15) is 0 Å². The first-order valence-corrected chi connectivity index (χ1v) is 7.69. The summed E-state index contributed by atoms with van der Waals surface area (Å²) in [6.45, 7) is 4.63. The maximum Gasteiger partial charge on any atom is 0.237 e. The summed E-state index contributed by atoms with van der Waals surface area (Å²) in [5, 5.41) is 6.33. The topological polar surface area (TPSA) is 53.6 Å². The summed E-state index contributed by atoms with van der Waals surface area (Å²) in [6, 6.07) is 0.642. The van der Waals surface area contributed by atoms with Crippen molar-refractivity contribution in [3.63, 3.8) is 0 Å². The molecule has 3 heterocycles. The predicted octanol–water partition coefficient (Wildman–Crippen LogP) is 0.108. The van der Waals surface area contributed by atoms with Crippen LogP contribution in [-0.4, -0.2) is 61.8 Å². The fraction of sp³-hybridized carbons (Fsp3) is 0.929. The summed E-state index contributed by atoms with van der Waals surface area (Å²) in [6.07, 6.45) is 6.03. The lowest BCUT2D eigenvalue weighted by Gasteiger charge is -2.35. The first kappa shape index (κ1) is 13.3. The second kappa shape index (κ2) is 6.20. The average Bonchev–Trinajstić information content (AvgIpc) is 2.93. The number of nitrogens with zero attached hydrogens (tertiary/aromatic N) is 1. The fourth-order valence-electron chi connectivity index (χ4n) is 3.42. The molecule has 3 unspecified atom stereocenters. The predicted molar refractivity (Wildman–Crippen MR) is 73.0 cm³/mol. The Bertz CT molecular complexity index is 318. The van der Waals surface area contributed by atoms with Gasteiger partial charge in [0.05, 0.1) is 18.8 Å². The second-order valence-electron chi connectivity index (χ2n) is 5.99. The van der Waals surface area contributed by atoms with E-state index in [0.29, 0.717) is 12.6 Å². The van der Waals surface area contributed by atoms with Crippen LogP contribution in [0.15, 0.2) is 0 Å². The van der Waals surface area contributed by atoms with Crippen molar-refractivity contribution < 1.29 is 9.53 Å². The summed E-state index contributed by atoms with van der Waals surface area (Å²) in [5.41, 5.74) is 0. The van der Waals surface area contributed by atoms with Crippen molar-refractivity contribution in [3.05, 3.63) is 0 Å². The van der Waals surface area contributed by atoms with E-state index >= 15 is 0 Å². The zero-order chi connectivity index (χ0) is 13.1. The van der Waals surface area contributed by atoms with E-state index in [-0.39, 0.29) is 18.1 Å². The Kier molecular flexibility index (Phi) is 4.35. The number of carbonyl (C=O) groups is 1. The zero-order valence-electron chi connectivity index (χ0n) is 11.6. The normalized spacial score (nSPS) is 35.9. The van der Waals surface area contributed by atoms with Gasteiger partial charge in [-0.2, -0.15) is 0 Å². The van der Waals surface area contributed by atoms with Crippen LogP contribution in [0.1, 0.15) is 32.1 Å². The lowest BCUT2D eigenvalue weighted by atomic mass is 10.0. The number of hydrogen-bond donors (Lipinski definition) is 2. The van der Waals surface area contributed by atoms with Gasteiger partial charge in [-0.15, -0.1) is 0 Å². The maximum atomic E-state index is 12.0. The van der Waals surface area contributed by atoms with Crippen molar-refractivity contribution >= 4 is 5.91 Å². The van der Waals surface area contributed by atoms with Gasteiger partial charge in [0.15, 0.2) is 0 Å². The van der Waals surface area contributed by atoms with Gasteiger partial charge in [0, 0.05) is 19.1 Å². The van der Waals surface area contributed by atoms with Crippen LogP contribution in [0.5, 0.6) is 0 Å². The van der Waals surface area contributed by atoms with Crippen LogP contribution in [0.25, 0.3) is 0 Å². The highest BCUT2D eigenvalue weighted by molar-refractivity contribution is 5.81. The lowest BCUT2D eigenvalue weighted by molar-refractivity contribution is -0.125. The molecular formula is C14H25N3O2. The Morgan fingerprint density at radius 3 is 3.11 bits per heavy atom. The molecule has 1 amide bonds. The summed E-state index contributed by atoms with van der Waals surface area (Å²) in [4.78, 5) is 14.5. The summed E-state index contributed by atoms with van der Waals surface area (Å²) >= 11 is 0. The van der Waals surface area contributed by atoms with Crippen LogP contribution in [0, 0.1) is 0 Å². The Morgan fingerprint density at radius 2 is 2.26 bits per heavy atom. The minimum Gasteiger partial charge on any atom is -0.373 e. The van der Waals surface area contributed by atoms with Crippen molar-refractivity contribution in [1.29, 1.82) is 0 Å². The number of morpholine rings is 1. The smallest absolute Gasteiger partial charge is 0.237 e. The van der Waals surface area contributed by atoms with E-state index in [1.54, 1.807) is 0 Å². The van der Waals surface area contributed by atoms with Crippen molar-refractivity contribution in [2.45, 2.75) is 50.3 Å². The zero-order valence-corrected chi connectivity index (χ0v) is 11.6. The Labute approximate surface area is 115 Å². The van der Waals surface area contributed by atoms with E-state index in [9.17, 15) is 4.79 Å². The van der Waals surface area contributed by atoms with Crippen molar-refractivity contribution in [2.75, 3.05) is 32.8 Å². The third kappa shape index (κ3) is 3.27. The molecule has 3 aliphatic rings. The highest BCUT2D eigenvalue weighted by Crippen LogP contribution is 2.22. The highest BCUT2D eigenvalue weighted by Gasteiger charge is 2.32. The summed E-state index contributed by atoms with van der Waals surface area (Å²) in [7, 11) is 0. The minimum atomic E-state index is 0.0110. The van der Waals surface area contributed by atoms with Gasteiger partial charge in [0.25, 0.3) is 0 Å². The first-order chi connectivity index (χ1) is 9.33. The van der Waals surface area contributed by atoms with Crippen LogP contribution in [0.4, 0.5) is 0 Å². The van der Waals surface area contributed by atoms with Gasteiger partial charge < -0.3 is 15.4 Å². The molecule has 19 heavy (non-hydrogen) atoms. The molecule has 0 saturated carbocycles. The Balaban J connectivity index is 1.40. The molecule has 0 aromatic carbocycles. The molecule has 5 nitrogen and oxygen atoms in total. The highest BCUT2D eigenvalue weighted by atomic mass is 16.5. The van der Waals surface area contributed by atoms with Gasteiger partial charge >= 0.3 is 0 Å². The molecule has 0 aromatic rings. The lowest BCUT2D eigenvalue weighted by Crippen LogP contribution is -2.53. The molecule has 0 radical (unpaired) electrons. The molecule has 0 aromatic heterocycles. The van der Waals surface area contributed by atoms with Gasteiger partial charge in [-0.25, -0.2) is 0 Å². The number of fused-ring (bicyclic) bond motifs is 1. The molecule has 108 valence electrons. The second-order valence-corrected chi connectivity index (χ2v) is 5.99. The number of hydrogen-bond acceptors (Lipinski definition) is 4. The molecule has 3 aliphatic heterocycles.